The summed E-state index contributed by atoms with van der Waals surface area (Å²) in [6, 6.07) is 6.00. The number of fused-ring (bicyclic) bond motifs is 1. The van der Waals surface area contributed by atoms with Crippen LogP contribution in [0.5, 0.6) is 0 Å². The lowest BCUT2D eigenvalue weighted by atomic mass is 10.1. The number of rotatable bonds is 7. The minimum absolute atomic E-state index is 0.0870. The molecular formula is C18H19N5O2S3. The number of carbonyl (C=O) groups excluding carboxylic acids is 2. The first-order valence-electron chi connectivity index (χ1n) is 8.83. The van der Waals surface area contributed by atoms with Crippen molar-refractivity contribution in [3.8, 4) is 10.7 Å². The van der Waals surface area contributed by atoms with E-state index in [4.69, 9.17) is 5.73 Å². The zero-order chi connectivity index (χ0) is 19.5. The average molecular weight is 434 g/mol. The third kappa shape index (κ3) is 4.13. The summed E-state index contributed by atoms with van der Waals surface area (Å²) in [6.07, 6.45) is 1.12. The molecule has 0 aliphatic carbocycles. The summed E-state index contributed by atoms with van der Waals surface area (Å²) in [7, 11) is 0. The zero-order valence-electron chi connectivity index (χ0n) is 15.0. The number of primary amides is 1. The fraction of sp³-hybridized carbons (Fsp3) is 0.333. The van der Waals surface area contributed by atoms with Gasteiger partial charge in [-0.1, -0.05) is 17.8 Å². The molecule has 0 radical (unpaired) electrons. The van der Waals surface area contributed by atoms with Gasteiger partial charge in [0.1, 0.15) is 0 Å². The maximum absolute atomic E-state index is 12.7. The summed E-state index contributed by atoms with van der Waals surface area (Å²) in [5.74, 6) is 0.701. The molecule has 0 aromatic carbocycles. The first-order chi connectivity index (χ1) is 13.6. The number of hydrogen-bond donors (Lipinski definition) is 1. The molecule has 4 rings (SSSR count). The number of hydrogen-bond acceptors (Lipinski definition) is 7. The number of thioether (sulfide) groups is 1. The molecule has 0 spiro atoms. The second kappa shape index (κ2) is 8.46. The van der Waals surface area contributed by atoms with Gasteiger partial charge in [-0.05, 0) is 34.9 Å². The summed E-state index contributed by atoms with van der Waals surface area (Å²) >= 11 is 4.67. The van der Waals surface area contributed by atoms with E-state index < -0.39 is 0 Å². The number of thiophene rings is 2. The molecule has 1 aliphatic rings. The highest BCUT2D eigenvalue weighted by atomic mass is 32.2. The maximum Gasteiger partial charge on any atom is 0.233 e. The SMILES string of the molecule is NC(=O)CCn1c(SCC(=O)N2CCc3sccc3C2)nnc1-c1cccs1. The van der Waals surface area contributed by atoms with Gasteiger partial charge in [0.2, 0.25) is 11.8 Å². The third-order valence-electron chi connectivity index (χ3n) is 4.53. The minimum atomic E-state index is -0.377. The maximum atomic E-state index is 12.7. The van der Waals surface area contributed by atoms with Crippen LogP contribution in [0.1, 0.15) is 16.9 Å². The molecular weight excluding hydrogens is 414 g/mol. The van der Waals surface area contributed by atoms with Gasteiger partial charge in [0.25, 0.3) is 0 Å². The van der Waals surface area contributed by atoms with Crippen LogP contribution in [-0.4, -0.2) is 43.8 Å². The van der Waals surface area contributed by atoms with Crippen LogP contribution in [-0.2, 0) is 29.1 Å². The second-order valence-corrected chi connectivity index (χ2v) is 9.27. The van der Waals surface area contributed by atoms with Crippen molar-refractivity contribution in [2.75, 3.05) is 12.3 Å². The van der Waals surface area contributed by atoms with Gasteiger partial charge in [-0.15, -0.1) is 32.9 Å². The monoisotopic (exact) mass is 433 g/mol. The van der Waals surface area contributed by atoms with Crippen molar-refractivity contribution >= 4 is 46.2 Å². The minimum Gasteiger partial charge on any atom is -0.370 e. The average Bonchev–Trinajstić information content (AvgIpc) is 3.43. The Bertz CT molecular complexity index is 979. The van der Waals surface area contributed by atoms with E-state index in [1.54, 1.807) is 22.7 Å². The Kier molecular flexibility index (Phi) is 5.79. The summed E-state index contributed by atoms with van der Waals surface area (Å²) in [5, 5.41) is 13.2. The molecule has 2 N–H and O–H groups in total. The molecule has 10 heteroatoms. The highest BCUT2D eigenvalue weighted by Crippen LogP contribution is 2.29. The lowest BCUT2D eigenvalue weighted by molar-refractivity contribution is -0.129. The summed E-state index contributed by atoms with van der Waals surface area (Å²) in [6.45, 7) is 1.82. The standard InChI is InChI=1S/C18H19N5O2S3/c19-15(24)4-7-23-17(14-2-1-8-26-14)20-21-18(23)28-11-16(25)22-6-3-13-12(10-22)5-9-27-13/h1-2,5,8-9H,3-4,6-7,10-11H2,(H2,19,24). The number of nitrogens with two attached hydrogens (primary N) is 1. The Morgan fingerprint density at radius 3 is 2.89 bits per heavy atom. The van der Waals surface area contributed by atoms with Crippen molar-refractivity contribution in [1.29, 1.82) is 0 Å². The van der Waals surface area contributed by atoms with Crippen molar-refractivity contribution in [1.82, 2.24) is 19.7 Å². The molecule has 0 saturated heterocycles. The molecule has 0 bridgehead atoms. The first kappa shape index (κ1) is 19.2. The quantitative estimate of drug-likeness (QED) is 0.578. The first-order valence-corrected chi connectivity index (χ1v) is 11.6. The van der Waals surface area contributed by atoms with Gasteiger partial charge in [-0.25, -0.2) is 0 Å². The predicted octanol–water partition coefficient (Wildman–Crippen LogP) is 2.62. The molecule has 0 atom stereocenters. The van der Waals surface area contributed by atoms with Gasteiger partial charge in [0, 0.05) is 30.9 Å². The predicted molar refractivity (Wildman–Crippen MR) is 111 cm³/mol. The van der Waals surface area contributed by atoms with Crippen LogP contribution in [0.15, 0.2) is 34.1 Å². The lowest BCUT2D eigenvalue weighted by Crippen LogP contribution is -2.36. The smallest absolute Gasteiger partial charge is 0.233 e. The number of amides is 2. The molecule has 0 fully saturated rings. The van der Waals surface area contributed by atoms with E-state index >= 15 is 0 Å². The fourth-order valence-corrected chi connectivity index (χ4v) is 5.56. The van der Waals surface area contributed by atoms with Crippen LogP contribution < -0.4 is 5.73 Å². The molecule has 7 nitrogen and oxygen atoms in total. The highest BCUT2D eigenvalue weighted by Gasteiger charge is 2.23. The Labute approximate surface area is 174 Å². The van der Waals surface area contributed by atoms with Crippen molar-refractivity contribution in [3.63, 3.8) is 0 Å². The van der Waals surface area contributed by atoms with E-state index in [9.17, 15) is 9.59 Å². The molecule has 3 aromatic heterocycles. The number of nitrogens with zero attached hydrogens (tertiary/aromatic N) is 4. The van der Waals surface area contributed by atoms with Crippen molar-refractivity contribution in [3.05, 3.63) is 39.4 Å². The Balaban J connectivity index is 1.45. The van der Waals surface area contributed by atoms with Crippen molar-refractivity contribution in [2.24, 2.45) is 5.73 Å². The topological polar surface area (TPSA) is 94.1 Å². The van der Waals surface area contributed by atoms with Gasteiger partial charge in [-0.2, -0.15) is 0 Å². The van der Waals surface area contributed by atoms with Gasteiger partial charge in [0.15, 0.2) is 11.0 Å². The van der Waals surface area contributed by atoms with Crippen LogP contribution in [0.3, 0.4) is 0 Å². The van der Waals surface area contributed by atoms with E-state index in [0.717, 1.165) is 17.8 Å². The van der Waals surface area contributed by atoms with E-state index in [0.29, 0.717) is 29.8 Å². The molecule has 2 amide bonds. The largest absolute Gasteiger partial charge is 0.370 e. The zero-order valence-corrected chi connectivity index (χ0v) is 17.5. The van der Waals surface area contributed by atoms with Crippen molar-refractivity contribution in [2.45, 2.75) is 31.1 Å². The Hall–Kier alpha value is -2.17. The second-order valence-electron chi connectivity index (χ2n) is 6.37. The molecule has 4 heterocycles. The van der Waals surface area contributed by atoms with Gasteiger partial charge < -0.3 is 15.2 Å². The number of carbonyl (C=O) groups is 2. The summed E-state index contributed by atoms with van der Waals surface area (Å²) in [5.41, 5.74) is 6.57. The molecule has 0 unspecified atom stereocenters. The van der Waals surface area contributed by atoms with Crippen LogP contribution >= 0.6 is 34.4 Å². The van der Waals surface area contributed by atoms with Gasteiger partial charge in [-0.3, -0.25) is 9.59 Å². The normalized spacial score (nSPS) is 13.5. The number of aromatic nitrogens is 3. The molecule has 28 heavy (non-hydrogen) atoms. The van der Waals surface area contributed by atoms with Crippen LogP contribution in [0.4, 0.5) is 0 Å². The van der Waals surface area contributed by atoms with Crippen LogP contribution in [0.25, 0.3) is 10.7 Å². The van der Waals surface area contributed by atoms with Crippen LogP contribution in [0.2, 0.25) is 0 Å². The van der Waals surface area contributed by atoms with E-state index in [1.165, 1.54) is 22.2 Å². The van der Waals surface area contributed by atoms with Crippen LogP contribution in [0, 0.1) is 0 Å². The Morgan fingerprint density at radius 2 is 2.11 bits per heavy atom. The van der Waals surface area contributed by atoms with Crippen molar-refractivity contribution < 1.29 is 9.59 Å². The summed E-state index contributed by atoms with van der Waals surface area (Å²) in [4.78, 5) is 28.2. The Morgan fingerprint density at radius 1 is 1.21 bits per heavy atom. The molecule has 3 aromatic rings. The van der Waals surface area contributed by atoms with Gasteiger partial charge in [0.05, 0.1) is 10.6 Å². The fourth-order valence-electron chi connectivity index (χ4n) is 3.09. The third-order valence-corrected chi connectivity index (χ3v) is 7.37. The summed E-state index contributed by atoms with van der Waals surface area (Å²) < 4.78 is 1.88. The highest BCUT2D eigenvalue weighted by molar-refractivity contribution is 7.99. The van der Waals surface area contributed by atoms with Gasteiger partial charge >= 0.3 is 0 Å². The molecule has 146 valence electrons. The van der Waals surface area contributed by atoms with E-state index in [2.05, 4.69) is 21.6 Å². The molecule has 0 saturated carbocycles. The molecule has 1 aliphatic heterocycles. The van der Waals surface area contributed by atoms with E-state index in [1.807, 2.05) is 27.0 Å². The lowest BCUT2D eigenvalue weighted by Gasteiger charge is -2.26. The van der Waals surface area contributed by atoms with E-state index in [-0.39, 0.29) is 18.2 Å².